The smallest absolute Gasteiger partial charge is 0.228 e. The van der Waals surface area contributed by atoms with Gasteiger partial charge >= 0.3 is 0 Å². The van der Waals surface area contributed by atoms with Gasteiger partial charge in [-0.25, -0.2) is 4.98 Å². The summed E-state index contributed by atoms with van der Waals surface area (Å²) < 4.78 is 11.2. The molecule has 2 aromatic rings. The predicted molar refractivity (Wildman–Crippen MR) is 80.5 cm³/mol. The van der Waals surface area contributed by atoms with E-state index in [0.29, 0.717) is 11.8 Å². The number of hydrogen-bond donors (Lipinski definition) is 0. The molecule has 0 spiro atoms. The Hall–Kier alpha value is -2.14. The standard InChI is InChI=1S/C16H19N3O2/c1-12-10-19(16-17-9-8-15(18-16)20-2)11-14(21-12)13-6-4-3-5-7-13/h3-9,12,14H,10-11H2,1-2H3. The minimum absolute atomic E-state index is 0.0322. The van der Waals surface area contributed by atoms with Crippen LogP contribution in [0.3, 0.4) is 0 Å². The number of hydrogen-bond acceptors (Lipinski definition) is 5. The Labute approximate surface area is 124 Å². The molecular weight excluding hydrogens is 266 g/mol. The summed E-state index contributed by atoms with van der Waals surface area (Å²) in [5, 5.41) is 0. The molecule has 5 heteroatoms. The average Bonchev–Trinajstić information content (AvgIpc) is 2.55. The topological polar surface area (TPSA) is 47.5 Å². The number of rotatable bonds is 3. The first-order valence-electron chi connectivity index (χ1n) is 7.08. The zero-order valence-corrected chi connectivity index (χ0v) is 12.3. The van der Waals surface area contributed by atoms with Crippen LogP contribution >= 0.6 is 0 Å². The van der Waals surface area contributed by atoms with E-state index in [1.807, 2.05) is 18.2 Å². The summed E-state index contributed by atoms with van der Waals surface area (Å²) in [5.74, 6) is 1.26. The summed E-state index contributed by atoms with van der Waals surface area (Å²) in [7, 11) is 1.61. The summed E-state index contributed by atoms with van der Waals surface area (Å²) in [6.45, 7) is 3.58. The van der Waals surface area contributed by atoms with Gasteiger partial charge in [0.15, 0.2) is 0 Å². The van der Waals surface area contributed by atoms with E-state index >= 15 is 0 Å². The molecule has 2 atom stereocenters. The van der Waals surface area contributed by atoms with Gasteiger partial charge in [0.25, 0.3) is 0 Å². The highest BCUT2D eigenvalue weighted by molar-refractivity contribution is 5.34. The van der Waals surface area contributed by atoms with Crippen LogP contribution in [0.2, 0.25) is 0 Å². The van der Waals surface area contributed by atoms with Gasteiger partial charge in [-0.05, 0) is 12.5 Å². The molecule has 2 heterocycles. The molecule has 1 aromatic carbocycles. The van der Waals surface area contributed by atoms with E-state index in [-0.39, 0.29) is 12.2 Å². The van der Waals surface area contributed by atoms with Crippen molar-refractivity contribution in [2.24, 2.45) is 0 Å². The highest BCUT2D eigenvalue weighted by atomic mass is 16.5. The summed E-state index contributed by atoms with van der Waals surface area (Å²) in [6, 6.07) is 12.0. The largest absolute Gasteiger partial charge is 0.481 e. The average molecular weight is 285 g/mol. The van der Waals surface area contributed by atoms with Crippen LogP contribution in [0.4, 0.5) is 5.95 Å². The lowest BCUT2D eigenvalue weighted by Crippen LogP contribution is -2.43. The van der Waals surface area contributed by atoms with Crippen LogP contribution in [-0.4, -0.2) is 36.3 Å². The van der Waals surface area contributed by atoms with Crippen molar-refractivity contribution in [2.45, 2.75) is 19.1 Å². The zero-order valence-electron chi connectivity index (χ0n) is 12.3. The van der Waals surface area contributed by atoms with E-state index in [0.717, 1.165) is 13.1 Å². The third-order valence-corrected chi connectivity index (χ3v) is 3.54. The van der Waals surface area contributed by atoms with Crippen molar-refractivity contribution in [1.29, 1.82) is 0 Å². The quantitative estimate of drug-likeness (QED) is 0.867. The maximum atomic E-state index is 6.05. The first kappa shape index (κ1) is 13.8. The number of ether oxygens (including phenoxy) is 2. The zero-order chi connectivity index (χ0) is 14.7. The number of aromatic nitrogens is 2. The molecule has 0 aliphatic carbocycles. The lowest BCUT2D eigenvalue weighted by atomic mass is 10.1. The second-order valence-electron chi connectivity index (χ2n) is 5.15. The van der Waals surface area contributed by atoms with Crippen molar-refractivity contribution >= 4 is 5.95 Å². The van der Waals surface area contributed by atoms with Gasteiger partial charge in [0.05, 0.1) is 19.8 Å². The van der Waals surface area contributed by atoms with Gasteiger partial charge in [0.1, 0.15) is 6.10 Å². The SMILES string of the molecule is COc1ccnc(N2CC(C)OC(c3ccccc3)C2)n1. The third-order valence-electron chi connectivity index (χ3n) is 3.54. The number of benzene rings is 1. The van der Waals surface area contributed by atoms with Crippen LogP contribution in [0, 0.1) is 0 Å². The van der Waals surface area contributed by atoms with Crippen LogP contribution in [0.15, 0.2) is 42.6 Å². The molecule has 0 amide bonds. The second kappa shape index (κ2) is 6.10. The van der Waals surface area contributed by atoms with Crippen molar-refractivity contribution in [3.8, 4) is 5.88 Å². The molecule has 5 nitrogen and oxygen atoms in total. The van der Waals surface area contributed by atoms with E-state index in [1.165, 1.54) is 5.56 Å². The van der Waals surface area contributed by atoms with Crippen molar-refractivity contribution in [1.82, 2.24) is 9.97 Å². The third kappa shape index (κ3) is 3.13. The van der Waals surface area contributed by atoms with E-state index in [9.17, 15) is 0 Å². The van der Waals surface area contributed by atoms with Crippen molar-refractivity contribution in [3.05, 3.63) is 48.2 Å². The molecule has 1 aliphatic rings. The molecule has 0 bridgehead atoms. The molecule has 0 saturated carbocycles. The van der Waals surface area contributed by atoms with E-state index in [1.54, 1.807) is 19.4 Å². The Balaban J connectivity index is 1.82. The summed E-state index contributed by atoms with van der Waals surface area (Å²) in [5.41, 5.74) is 1.18. The van der Waals surface area contributed by atoms with Gasteiger partial charge in [-0.1, -0.05) is 30.3 Å². The fourth-order valence-electron chi connectivity index (χ4n) is 2.56. The van der Waals surface area contributed by atoms with Crippen LogP contribution in [-0.2, 0) is 4.74 Å². The lowest BCUT2D eigenvalue weighted by molar-refractivity contribution is -0.0178. The molecule has 1 saturated heterocycles. The van der Waals surface area contributed by atoms with E-state index in [2.05, 4.69) is 33.9 Å². The van der Waals surface area contributed by atoms with Crippen molar-refractivity contribution in [2.75, 3.05) is 25.1 Å². The molecule has 110 valence electrons. The van der Waals surface area contributed by atoms with Crippen LogP contribution in [0.1, 0.15) is 18.6 Å². The van der Waals surface area contributed by atoms with Crippen LogP contribution in [0.25, 0.3) is 0 Å². The molecule has 1 aliphatic heterocycles. The van der Waals surface area contributed by atoms with Gasteiger partial charge in [-0.3, -0.25) is 0 Å². The molecule has 3 rings (SSSR count). The van der Waals surface area contributed by atoms with Gasteiger partial charge in [-0.15, -0.1) is 0 Å². The predicted octanol–water partition coefficient (Wildman–Crippen LogP) is 2.45. The number of anilines is 1. The molecule has 0 N–H and O–H groups in total. The van der Waals surface area contributed by atoms with Crippen molar-refractivity contribution < 1.29 is 9.47 Å². The normalized spacial score (nSPS) is 22.1. The Morgan fingerprint density at radius 2 is 2.00 bits per heavy atom. The molecule has 21 heavy (non-hydrogen) atoms. The minimum Gasteiger partial charge on any atom is -0.481 e. The molecule has 0 radical (unpaired) electrons. The van der Waals surface area contributed by atoms with Gasteiger partial charge in [-0.2, -0.15) is 4.98 Å². The second-order valence-corrected chi connectivity index (χ2v) is 5.15. The molecule has 2 unspecified atom stereocenters. The van der Waals surface area contributed by atoms with E-state index in [4.69, 9.17) is 9.47 Å². The molecular formula is C16H19N3O2. The number of nitrogens with zero attached hydrogens (tertiary/aromatic N) is 3. The maximum absolute atomic E-state index is 6.05. The fourth-order valence-corrected chi connectivity index (χ4v) is 2.56. The van der Waals surface area contributed by atoms with Gasteiger partial charge in [0, 0.05) is 18.8 Å². The minimum atomic E-state index is 0.0322. The number of morpholine rings is 1. The lowest BCUT2D eigenvalue weighted by Gasteiger charge is -2.37. The first-order valence-corrected chi connectivity index (χ1v) is 7.08. The van der Waals surface area contributed by atoms with Gasteiger partial charge < -0.3 is 14.4 Å². The van der Waals surface area contributed by atoms with Gasteiger partial charge in [0.2, 0.25) is 11.8 Å². The summed E-state index contributed by atoms with van der Waals surface area (Å²) in [4.78, 5) is 10.9. The highest BCUT2D eigenvalue weighted by Crippen LogP contribution is 2.27. The highest BCUT2D eigenvalue weighted by Gasteiger charge is 2.28. The Morgan fingerprint density at radius 1 is 1.19 bits per heavy atom. The Bertz CT molecular complexity index is 591. The fraction of sp³-hybridized carbons (Fsp3) is 0.375. The monoisotopic (exact) mass is 285 g/mol. The van der Waals surface area contributed by atoms with Crippen LogP contribution in [0.5, 0.6) is 5.88 Å². The number of methoxy groups -OCH3 is 1. The summed E-state index contributed by atoms with van der Waals surface area (Å²) in [6.07, 6.45) is 1.88. The van der Waals surface area contributed by atoms with Crippen LogP contribution < -0.4 is 9.64 Å². The Kier molecular flexibility index (Phi) is 4.01. The molecule has 1 fully saturated rings. The Morgan fingerprint density at radius 3 is 2.76 bits per heavy atom. The van der Waals surface area contributed by atoms with E-state index < -0.39 is 0 Å². The first-order chi connectivity index (χ1) is 10.3. The summed E-state index contributed by atoms with van der Waals surface area (Å²) >= 11 is 0. The molecule has 1 aromatic heterocycles. The maximum Gasteiger partial charge on any atom is 0.228 e. The van der Waals surface area contributed by atoms with Crippen molar-refractivity contribution in [3.63, 3.8) is 0 Å².